The van der Waals surface area contributed by atoms with Gasteiger partial charge in [0, 0.05) is 13.7 Å². The van der Waals surface area contributed by atoms with Crippen LogP contribution in [0.5, 0.6) is 0 Å². The van der Waals surface area contributed by atoms with Crippen LogP contribution < -0.4 is 5.32 Å². The van der Waals surface area contributed by atoms with Crippen molar-refractivity contribution in [1.29, 1.82) is 0 Å². The Balaban J connectivity index is 2.12. The van der Waals surface area contributed by atoms with Crippen molar-refractivity contribution >= 4 is 5.91 Å². The first kappa shape index (κ1) is 13.4. The van der Waals surface area contributed by atoms with Gasteiger partial charge in [-0.05, 0) is 6.42 Å². The third-order valence-electron chi connectivity index (χ3n) is 2.80. The lowest BCUT2D eigenvalue weighted by atomic mass is 9.89. The molecular formula is C11H22N2O3. The Morgan fingerprint density at radius 2 is 2.25 bits per heavy atom. The Kier molecular flexibility index (Phi) is 5.18. The zero-order chi connectivity index (χ0) is 12.0. The number of aliphatic hydroxyl groups is 1. The number of carbonyl (C=O) groups is 1. The number of carbonyl (C=O) groups excluding carboxylic acids is 1. The van der Waals surface area contributed by atoms with Crippen LogP contribution in [0.15, 0.2) is 0 Å². The van der Waals surface area contributed by atoms with E-state index in [9.17, 15) is 9.90 Å². The minimum absolute atomic E-state index is 0.0527. The number of nitrogens with zero attached hydrogens (tertiary/aromatic N) is 1. The smallest absolute Gasteiger partial charge is 0.236 e. The third kappa shape index (κ3) is 3.73. The van der Waals surface area contributed by atoms with Gasteiger partial charge in [0.25, 0.3) is 0 Å². The molecule has 1 heterocycles. The number of rotatable bonds is 7. The van der Waals surface area contributed by atoms with Gasteiger partial charge in [-0.15, -0.1) is 0 Å². The molecule has 1 aliphatic heterocycles. The SMILES string of the molecule is CCCC1(O)CN(C(=O)CNCCOC)C1. The summed E-state index contributed by atoms with van der Waals surface area (Å²) in [7, 11) is 1.63. The van der Waals surface area contributed by atoms with Crippen molar-refractivity contribution in [2.75, 3.05) is 39.9 Å². The van der Waals surface area contributed by atoms with Crippen LogP contribution >= 0.6 is 0 Å². The van der Waals surface area contributed by atoms with E-state index in [1.807, 2.05) is 6.92 Å². The van der Waals surface area contributed by atoms with Gasteiger partial charge in [0.05, 0.1) is 31.8 Å². The van der Waals surface area contributed by atoms with Crippen LogP contribution in [0.1, 0.15) is 19.8 Å². The average molecular weight is 230 g/mol. The van der Waals surface area contributed by atoms with E-state index in [1.54, 1.807) is 12.0 Å². The van der Waals surface area contributed by atoms with Gasteiger partial charge >= 0.3 is 0 Å². The van der Waals surface area contributed by atoms with E-state index < -0.39 is 5.60 Å². The molecule has 0 unspecified atom stereocenters. The van der Waals surface area contributed by atoms with Crippen molar-refractivity contribution in [2.45, 2.75) is 25.4 Å². The van der Waals surface area contributed by atoms with Crippen LogP contribution in [-0.2, 0) is 9.53 Å². The van der Waals surface area contributed by atoms with E-state index in [4.69, 9.17) is 4.74 Å². The number of hydrogen-bond acceptors (Lipinski definition) is 4. The molecule has 16 heavy (non-hydrogen) atoms. The van der Waals surface area contributed by atoms with Gasteiger partial charge < -0.3 is 20.1 Å². The van der Waals surface area contributed by atoms with Crippen LogP contribution in [0.2, 0.25) is 0 Å². The summed E-state index contributed by atoms with van der Waals surface area (Å²) in [5.74, 6) is 0.0527. The van der Waals surface area contributed by atoms with Gasteiger partial charge in [0.15, 0.2) is 0 Å². The van der Waals surface area contributed by atoms with Crippen LogP contribution in [0.3, 0.4) is 0 Å². The minimum atomic E-state index is -0.628. The molecule has 0 bridgehead atoms. The van der Waals surface area contributed by atoms with Gasteiger partial charge in [-0.25, -0.2) is 0 Å². The van der Waals surface area contributed by atoms with Gasteiger partial charge in [-0.2, -0.15) is 0 Å². The fraction of sp³-hybridized carbons (Fsp3) is 0.909. The molecule has 1 saturated heterocycles. The van der Waals surface area contributed by atoms with E-state index in [0.29, 0.717) is 32.8 Å². The quantitative estimate of drug-likeness (QED) is 0.584. The standard InChI is InChI=1S/C11H22N2O3/c1-3-4-11(15)8-13(9-11)10(14)7-12-5-6-16-2/h12,15H,3-9H2,1-2H3. The van der Waals surface area contributed by atoms with E-state index >= 15 is 0 Å². The summed E-state index contributed by atoms with van der Waals surface area (Å²) >= 11 is 0. The molecular weight excluding hydrogens is 208 g/mol. The average Bonchev–Trinajstić information content (AvgIpc) is 2.21. The van der Waals surface area contributed by atoms with Crippen LogP contribution in [-0.4, -0.2) is 61.4 Å². The molecule has 2 N–H and O–H groups in total. The van der Waals surface area contributed by atoms with Gasteiger partial charge in [0.2, 0.25) is 5.91 Å². The number of hydrogen-bond donors (Lipinski definition) is 2. The second-order valence-corrected chi connectivity index (χ2v) is 4.39. The molecule has 0 spiro atoms. The van der Waals surface area contributed by atoms with E-state index in [0.717, 1.165) is 12.8 Å². The molecule has 0 saturated carbocycles. The molecule has 5 nitrogen and oxygen atoms in total. The number of methoxy groups -OCH3 is 1. The summed E-state index contributed by atoms with van der Waals surface area (Å²) in [4.78, 5) is 13.3. The second kappa shape index (κ2) is 6.18. The summed E-state index contributed by atoms with van der Waals surface area (Å²) in [5.41, 5.74) is -0.628. The second-order valence-electron chi connectivity index (χ2n) is 4.39. The van der Waals surface area contributed by atoms with Gasteiger partial charge in [-0.3, -0.25) is 4.79 Å². The first-order valence-electron chi connectivity index (χ1n) is 5.81. The lowest BCUT2D eigenvalue weighted by Crippen LogP contribution is -2.64. The van der Waals surface area contributed by atoms with Crippen LogP contribution in [0.25, 0.3) is 0 Å². The molecule has 1 aliphatic rings. The topological polar surface area (TPSA) is 61.8 Å². The molecule has 94 valence electrons. The van der Waals surface area contributed by atoms with Crippen LogP contribution in [0.4, 0.5) is 0 Å². The largest absolute Gasteiger partial charge is 0.386 e. The summed E-state index contributed by atoms with van der Waals surface area (Å²) in [6.07, 6.45) is 1.72. The first-order chi connectivity index (χ1) is 7.61. The maximum Gasteiger partial charge on any atom is 0.236 e. The molecule has 0 radical (unpaired) electrons. The summed E-state index contributed by atoms with van der Waals surface area (Å²) in [6, 6.07) is 0. The van der Waals surface area contributed by atoms with Crippen molar-refractivity contribution < 1.29 is 14.6 Å². The number of nitrogens with one attached hydrogen (secondary N) is 1. The predicted octanol–water partition coefficient (Wildman–Crippen LogP) is -0.404. The number of likely N-dealkylation sites (tertiary alicyclic amines) is 1. The number of β-amino-alcohol motifs (C(OH)–C–C–N with tert-alkyl or cyclic N) is 1. The zero-order valence-corrected chi connectivity index (χ0v) is 10.2. The van der Waals surface area contributed by atoms with Gasteiger partial charge in [-0.1, -0.05) is 13.3 Å². The van der Waals surface area contributed by atoms with Gasteiger partial charge in [0.1, 0.15) is 0 Å². The van der Waals surface area contributed by atoms with Crippen molar-refractivity contribution in [3.8, 4) is 0 Å². The fourth-order valence-corrected chi connectivity index (χ4v) is 1.95. The highest BCUT2D eigenvalue weighted by atomic mass is 16.5. The minimum Gasteiger partial charge on any atom is -0.386 e. The highest BCUT2D eigenvalue weighted by molar-refractivity contribution is 5.79. The Morgan fingerprint density at radius 1 is 1.56 bits per heavy atom. The van der Waals surface area contributed by atoms with Crippen molar-refractivity contribution in [2.24, 2.45) is 0 Å². The molecule has 0 aromatic heterocycles. The summed E-state index contributed by atoms with van der Waals surface area (Å²) < 4.78 is 4.86. The Labute approximate surface area is 96.8 Å². The van der Waals surface area contributed by atoms with E-state index in [-0.39, 0.29) is 5.91 Å². The Morgan fingerprint density at radius 3 is 2.81 bits per heavy atom. The molecule has 1 amide bonds. The van der Waals surface area contributed by atoms with E-state index in [1.165, 1.54) is 0 Å². The first-order valence-corrected chi connectivity index (χ1v) is 5.81. The number of ether oxygens (including phenoxy) is 1. The molecule has 0 aromatic rings. The lowest BCUT2D eigenvalue weighted by molar-refractivity contribution is -0.155. The predicted molar refractivity (Wildman–Crippen MR) is 61.2 cm³/mol. The fourth-order valence-electron chi connectivity index (χ4n) is 1.95. The van der Waals surface area contributed by atoms with Crippen LogP contribution in [0, 0.1) is 0 Å². The Hall–Kier alpha value is -0.650. The molecule has 1 fully saturated rings. The van der Waals surface area contributed by atoms with Crippen molar-refractivity contribution in [3.63, 3.8) is 0 Å². The summed E-state index contributed by atoms with van der Waals surface area (Å²) in [5, 5.41) is 12.9. The molecule has 0 atom stereocenters. The van der Waals surface area contributed by atoms with E-state index in [2.05, 4.69) is 5.32 Å². The van der Waals surface area contributed by atoms with Crippen molar-refractivity contribution in [3.05, 3.63) is 0 Å². The highest BCUT2D eigenvalue weighted by Gasteiger charge is 2.42. The summed E-state index contributed by atoms with van der Waals surface area (Å²) in [6.45, 7) is 4.60. The lowest BCUT2D eigenvalue weighted by Gasteiger charge is -2.46. The highest BCUT2D eigenvalue weighted by Crippen LogP contribution is 2.25. The third-order valence-corrected chi connectivity index (χ3v) is 2.80. The molecule has 0 aromatic carbocycles. The molecule has 1 rings (SSSR count). The number of amides is 1. The zero-order valence-electron chi connectivity index (χ0n) is 10.2. The molecule has 5 heteroatoms. The maximum atomic E-state index is 11.6. The van der Waals surface area contributed by atoms with Crippen molar-refractivity contribution in [1.82, 2.24) is 10.2 Å². The normalized spacial score (nSPS) is 18.3. The monoisotopic (exact) mass is 230 g/mol. The molecule has 0 aliphatic carbocycles. The maximum absolute atomic E-state index is 11.6. The Bertz CT molecular complexity index is 227.